The zero-order chi connectivity index (χ0) is 28.6. The third-order valence-corrected chi connectivity index (χ3v) is 5.36. The van der Waals surface area contributed by atoms with Crippen molar-refractivity contribution in [2.24, 2.45) is 11.8 Å². The van der Waals surface area contributed by atoms with Crippen molar-refractivity contribution in [3.8, 4) is 34.0 Å². The van der Waals surface area contributed by atoms with Crippen LogP contribution in [-0.2, 0) is 24.9 Å². The predicted molar refractivity (Wildman–Crippen MR) is 156 cm³/mol. The largest absolute Gasteiger partial charge is 0.512 e. The quantitative estimate of drug-likeness (QED) is 0.122. The number of pyridine rings is 2. The monoisotopic (exact) mass is 717 g/mol. The molecule has 0 unspecified atom stereocenters. The van der Waals surface area contributed by atoms with Gasteiger partial charge >= 0.3 is 0 Å². The number of rotatable bonds is 7. The summed E-state index contributed by atoms with van der Waals surface area (Å²) in [4.78, 5) is 19.5. The van der Waals surface area contributed by atoms with Gasteiger partial charge in [0.2, 0.25) is 0 Å². The van der Waals surface area contributed by atoms with Gasteiger partial charge in [-0.15, -0.1) is 71.8 Å². The second kappa shape index (κ2) is 18.5. The van der Waals surface area contributed by atoms with Gasteiger partial charge in [-0.1, -0.05) is 27.7 Å². The molecule has 0 fully saturated rings. The van der Waals surface area contributed by atoms with E-state index in [1.54, 1.807) is 26.6 Å². The molecule has 0 aliphatic rings. The fraction of sp³-hybridized carbons (Fsp3) is 0.242. The molecule has 1 N–H and O–H groups in total. The fourth-order valence-corrected chi connectivity index (χ4v) is 3.08. The summed E-state index contributed by atoms with van der Waals surface area (Å²) in [5, 5.41) is 9.19. The van der Waals surface area contributed by atoms with Gasteiger partial charge in [0, 0.05) is 61.8 Å². The zero-order valence-corrected chi connectivity index (χ0v) is 26.1. The van der Waals surface area contributed by atoms with Crippen LogP contribution in [0.25, 0.3) is 22.5 Å². The first-order valence-electron chi connectivity index (χ1n) is 12.6. The summed E-state index contributed by atoms with van der Waals surface area (Å²) < 4.78 is 10.4. The molecule has 0 aliphatic heterocycles. The Morgan fingerprint density at radius 2 is 1.20 bits per heavy atom. The number of aliphatic hydroxyl groups is 1. The van der Waals surface area contributed by atoms with E-state index >= 15 is 0 Å². The Labute approximate surface area is 251 Å². The minimum Gasteiger partial charge on any atom is -0.512 e. The Morgan fingerprint density at radius 3 is 1.52 bits per heavy atom. The van der Waals surface area contributed by atoms with Gasteiger partial charge in [0.25, 0.3) is 0 Å². The number of carbonyl (C=O) groups excluding carboxylic acids is 1. The molecule has 213 valence electrons. The Bertz CT molecular complexity index is 1230. The van der Waals surface area contributed by atoms with Crippen molar-refractivity contribution < 1.29 is 39.5 Å². The maximum absolute atomic E-state index is 11.0. The minimum atomic E-state index is -0.0316. The first-order valence-corrected chi connectivity index (χ1v) is 12.6. The van der Waals surface area contributed by atoms with Crippen molar-refractivity contribution in [2.75, 3.05) is 14.2 Å². The average Bonchev–Trinajstić information content (AvgIpc) is 2.98. The molecule has 1 radical (unpaired) electrons. The van der Waals surface area contributed by atoms with Crippen LogP contribution in [0.4, 0.5) is 0 Å². The SMILES string of the molecule is CC(C)C(=O)/C=C(\O)C(C)C.COc1cccnc1-c1[c-]cccc1.COc1cccnc1-c1[c-]cccc1.[Ir]. The van der Waals surface area contributed by atoms with Crippen molar-refractivity contribution in [3.05, 3.63) is 109 Å². The van der Waals surface area contributed by atoms with Gasteiger partial charge in [-0.3, -0.25) is 4.79 Å². The first kappa shape index (κ1) is 34.2. The van der Waals surface area contributed by atoms with Crippen LogP contribution >= 0.6 is 0 Å². The number of carbonyl (C=O) groups is 1. The van der Waals surface area contributed by atoms with Gasteiger partial charge < -0.3 is 24.5 Å². The fourth-order valence-electron chi connectivity index (χ4n) is 3.08. The molecular weight excluding hydrogens is 681 g/mol. The van der Waals surface area contributed by atoms with Gasteiger partial charge in [0.1, 0.15) is 11.5 Å². The third-order valence-electron chi connectivity index (χ3n) is 5.36. The van der Waals surface area contributed by atoms with Crippen LogP contribution in [-0.4, -0.2) is 35.1 Å². The van der Waals surface area contributed by atoms with Crippen LogP contribution in [0.5, 0.6) is 11.5 Å². The van der Waals surface area contributed by atoms with E-state index < -0.39 is 0 Å². The van der Waals surface area contributed by atoms with E-state index in [4.69, 9.17) is 9.47 Å². The molecule has 4 rings (SSSR count). The number of hydrogen-bond acceptors (Lipinski definition) is 6. The van der Waals surface area contributed by atoms with Crippen molar-refractivity contribution in [1.29, 1.82) is 0 Å². The predicted octanol–water partition coefficient (Wildman–Crippen LogP) is 7.42. The standard InChI is InChI=1S/2C12H10NO.C9H16O2.Ir/c2*1-14-11-8-5-9-13-12(11)10-6-3-2-4-7-10;1-6(2)8(10)5-9(11)7(3)4;/h2*2-6,8-9H,1H3;5-7,10H,1-4H3;/q2*-1;;/b;;8-5-;. The number of ketones is 1. The Kier molecular flexibility index (Phi) is 15.8. The van der Waals surface area contributed by atoms with Crippen LogP contribution in [0.2, 0.25) is 0 Å². The molecule has 0 saturated carbocycles. The van der Waals surface area contributed by atoms with E-state index in [0.29, 0.717) is 0 Å². The second-order valence-corrected chi connectivity index (χ2v) is 8.94. The Morgan fingerprint density at radius 1 is 0.750 bits per heavy atom. The Hall–Kier alpha value is -3.80. The maximum Gasteiger partial charge on any atom is 0.161 e. The van der Waals surface area contributed by atoms with E-state index in [9.17, 15) is 9.90 Å². The van der Waals surface area contributed by atoms with E-state index in [0.717, 1.165) is 34.0 Å². The third kappa shape index (κ3) is 11.1. The van der Waals surface area contributed by atoms with Crippen LogP contribution in [0.15, 0.2) is 97.0 Å². The summed E-state index contributed by atoms with van der Waals surface area (Å²) in [5.74, 6) is 1.71. The number of nitrogens with zero attached hydrogens (tertiary/aromatic N) is 2. The average molecular weight is 717 g/mol. The van der Waals surface area contributed by atoms with E-state index in [1.165, 1.54) is 6.08 Å². The van der Waals surface area contributed by atoms with Gasteiger partial charge in [-0.25, -0.2) is 0 Å². The molecule has 7 heteroatoms. The van der Waals surface area contributed by atoms with Gasteiger partial charge in [0.05, 0.1) is 20.0 Å². The molecule has 2 aromatic carbocycles. The summed E-state index contributed by atoms with van der Waals surface area (Å²) >= 11 is 0. The van der Waals surface area contributed by atoms with Crippen LogP contribution in [0, 0.1) is 24.0 Å². The van der Waals surface area contributed by atoms with Crippen molar-refractivity contribution in [1.82, 2.24) is 9.97 Å². The summed E-state index contributed by atoms with van der Waals surface area (Å²) in [6, 6.07) is 29.2. The van der Waals surface area contributed by atoms with Crippen LogP contribution in [0.3, 0.4) is 0 Å². The van der Waals surface area contributed by atoms with Gasteiger partial charge in [-0.2, -0.15) is 0 Å². The molecular formula is C33H36IrN2O4-2. The van der Waals surface area contributed by atoms with Gasteiger partial charge in [0.15, 0.2) is 5.78 Å². The van der Waals surface area contributed by atoms with E-state index in [2.05, 4.69) is 22.1 Å². The number of ether oxygens (including phenoxy) is 2. The normalized spacial score (nSPS) is 10.3. The van der Waals surface area contributed by atoms with Crippen molar-refractivity contribution in [3.63, 3.8) is 0 Å². The number of aromatic nitrogens is 2. The zero-order valence-electron chi connectivity index (χ0n) is 23.7. The number of methoxy groups -OCH3 is 2. The molecule has 0 atom stereocenters. The molecule has 0 amide bonds. The number of benzene rings is 2. The molecule has 2 aromatic heterocycles. The van der Waals surface area contributed by atoms with E-state index in [-0.39, 0.29) is 43.5 Å². The molecule has 0 spiro atoms. The van der Waals surface area contributed by atoms with Crippen LogP contribution in [0.1, 0.15) is 27.7 Å². The molecule has 0 aliphatic carbocycles. The number of allylic oxidation sites excluding steroid dienone is 2. The molecule has 6 nitrogen and oxygen atoms in total. The summed E-state index contributed by atoms with van der Waals surface area (Å²) in [6.07, 6.45) is 4.81. The van der Waals surface area contributed by atoms with Gasteiger partial charge in [-0.05, 0) is 24.3 Å². The topological polar surface area (TPSA) is 81.5 Å². The number of hydrogen-bond donors (Lipinski definition) is 1. The summed E-state index contributed by atoms with van der Waals surface area (Å²) in [5.41, 5.74) is 3.56. The Balaban J connectivity index is 0.000000300. The molecule has 40 heavy (non-hydrogen) atoms. The first-order chi connectivity index (χ1) is 18.8. The molecule has 0 saturated heterocycles. The summed E-state index contributed by atoms with van der Waals surface area (Å²) in [6.45, 7) is 7.32. The number of aliphatic hydroxyl groups excluding tert-OH is 1. The molecule has 0 bridgehead atoms. The van der Waals surface area contributed by atoms with Crippen molar-refractivity contribution >= 4 is 5.78 Å². The second-order valence-electron chi connectivity index (χ2n) is 8.94. The molecule has 2 heterocycles. The van der Waals surface area contributed by atoms with Crippen molar-refractivity contribution in [2.45, 2.75) is 27.7 Å². The molecule has 4 aromatic rings. The van der Waals surface area contributed by atoms with E-state index in [1.807, 2.05) is 100 Å². The maximum atomic E-state index is 11.0. The van der Waals surface area contributed by atoms with Crippen LogP contribution < -0.4 is 9.47 Å². The smallest absolute Gasteiger partial charge is 0.161 e. The minimum absolute atomic E-state index is 0. The summed E-state index contributed by atoms with van der Waals surface area (Å²) in [7, 11) is 3.28.